The van der Waals surface area contributed by atoms with E-state index in [-0.39, 0.29) is 12.5 Å². The standard InChI is InChI=1S/C22H18ClN5O2/c23-17-5-3-4-15(11-17)22(30)27-13-16-8-7-14(12-24)10-19(16)28-20(21(25)29)18-6-1-2-9-26-18/h1-11,20,28H,13H2,(H2,25,29)(H,27,30). The molecule has 30 heavy (non-hydrogen) atoms. The Bertz CT molecular complexity index is 1110. The van der Waals surface area contributed by atoms with Crippen LogP contribution in [-0.2, 0) is 11.3 Å². The third kappa shape index (κ3) is 5.13. The number of hydrogen-bond donors (Lipinski definition) is 3. The van der Waals surface area contributed by atoms with Crippen LogP contribution in [0, 0.1) is 11.3 Å². The highest BCUT2D eigenvalue weighted by Gasteiger charge is 2.20. The van der Waals surface area contributed by atoms with Gasteiger partial charge in [-0.15, -0.1) is 0 Å². The monoisotopic (exact) mass is 419 g/mol. The minimum absolute atomic E-state index is 0.160. The Morgan fingerprint density at radius 1 is 1.13 bits per heavy atom. The largest absolute Gasteiger partial charge is 0.369 e. The van der Waals surface area contributed by atoms with E-state index in [2.05, 4.69) is 21.7 Å². The quantitative estimate of drug-likeness (QED) is 0.543. The number of nitriles is 1. The van der Waals surface area contributed by atoms with Crippen LogP contribution in [-0.4, -0.2) is 16.8 Å². The number of aromatic nitrogens is 1. The third-order valence-electron chi connectivity index (χ3n) is 4.33. The van der Waals surface area contributed by atoms with Crippen LogP contribution in [0.5, 0.6) is 0 Å². The fraction of sp³-hybridized carbons (Fsp3) is 0.0909. The molecule has 150 valence electrons. The van der Waals surface area contributed by atoms with Crippen LogP contribution < -0.4 is 16.4 Å². The fourth-order valence-corrected chi connectivity index (χ4v) is 3.03. The zero-order valence-corrected chi connectivity index (χ0v) is 16.6. The van der Waals surface area contributed by atoms with E-state index in [1.807, 2.05) is 0 Å². The maximum absolute atomic E-state index is 12.4. The Morgan fingerprint density at radius 3 is 2.63 bits per heavy atom. The van der Waals surface area contributed by atoms with E-state index in [1.54, 1.807) is 66.9 Å². The van der Waals surface area contributed by atoms with Crippen molar-refractivity contribution in [1.29, 1.82) is 5.26 Å². The smallest absolute Gasteiger partial charge is 0.251 e. The summed E-state index contributed by atoms with van der Waals surface area (Å²) < 4.78 is 0. The summed E-state index contributed by atoms with van der Waals surface area (Å²) in [6, 6.07) is 17.8. The molecule has 2 amide bonds. The van der Waals surface area contributed by atoms with Crippen LogP contribution in [0.25, 0.3) is 0 Å². The number of halogens is 1. The van der Waals surface area contributed by atoms with Crippen LogP contribution >= 0.6 is 11.6 Å². The molecule has 0 aliphatic carbocycles. The normalized spacial score (nSPS) is 11.2. The zero-order valence-electron chi connectivity index (χ0n) is 15.8. The van der Waals surface area contributed by atoms with Gasteiger partial charge in [-0.1, -0.05) is 29.8 Å². The molecule has 0 bridgehead atoms. The number of nitrogens with one attached hydrogen (secondary N) is 2. The number of carbonyl (C=O) groups is 2. The molecule has 3 rings (SSSR count). The summed E-state index contributed by atoms with van der Waals surface area (Å²) in [7, 11) is 0. The van der Waals surface area contributed by atoms with Gasteiger partial charge in [0.2, 0.25) is 5.91 Å². The average Bonchev–Trinajstić information content (AvgIpc) is 2.76. The van der Waals surface area contributed by atoms with Crippen LogP contribution in [0.3, 0.4) is 0 Å². The van der Waals surface area contributed by atoms with Gasteiger partial charge in [0.25, 0.3) is 5.91 Å². The van der Waals surface area contributed by atoms with E-state index in [1.165, 1.54) is 0 Å². The first kappa shape index (κ1) is 20.8. The van der Waals surface area contributed by atoms with Crippen molar-refractivity contribution in [2.45, 2.75) is 12.6 Å². The maximum Gasteiger partial charge on any atom is 0.251 e. The second kappa shape index (κ2) is 9.54. The lowest BCUT2D eigenvalue weighted by Crippen LogP contribution is -2.29. The van der Waals surface area contributed by atoms with E-state index < -0.39 is 11.9 Å². The molecule has 3 aromatic rings. The number of nitrogens with zero attached hydrogens (tertiary/aromatic N) is 2. The lowest BCUT2D eigenvalue weighted by molar-refractivity contribution is -0.118. The van der Waals surface area contributed by atoms with E-state index in [4.69, 9.17) is 17.3 Å². The highest BCUT2D eigenvalue weighted by atomic mass is 35.5. The summed E-state index contributed by atoms with van der Waals surface area (Å²) in [5, 5.41) is 15.6. The SMILES string of the molecule is N#Cc1ccc(CNC(=O)c2cccc(Cl)c2)c(NC(C(N)=O)c2ccccn2)c1. The number of nitrogens with two attached hydrogens (primary N) is 1. The van der Waals surface area contributed by atoms with Crippen molar-refractivity contribution in [3.05, 3.63) is 94.3 Å². The van der Waals surface area contributed by atoms with Crippen molar-refractivity contribution >= 4 is 29.1 Å². The Balaban J connectivity index is 1.84. The molecular weight excluding hydrogens is 402 g/mol. The van der Waals surface area contributed by atoms with Gasteiger partial charge in [-0.2, -0.15) is 5.26 Å². The summed E-state index contributed by atoms with van der Waals surface area (Å²) >= 11 is 5.94. The van der Waals surface area contributed by atoms with Crippen LogP contribution in [0.1, 0.15) is 33.2 Å². The van der Waals surface area contributed by atoms with Gasteiger partial charge in [0.15, 0.2) is 0 Å². The van der Waals surface area contributed by atoms with Crippen LogP contribution in [0.4, 0.5) is 5.69 Å². The van der Waals surface area contributed by atoms with Gasteiger partial charge < -0.3 is 16.4 Å². The van der Waals surface area contributed by atoms with Gasteiger partial charge in [-0.3, -0.25) is 14.6 Å². The summed E-state index contributed by atoms with van der Waals surface area (Å²) in [5.41, 5.74) is 7.99. The van der Waals surface area contributed by atoms with Crippen LogP contribution in [0.2, 0.25) is 5.02 Å². The van der Waals surface area contributed by atoms with Gasteiger partial charge in [0.1, 0.15) is 6.04 Å². The number of rotatable bonds is 7. The number of hydrogen-bond acceptors (Lipinski definition) is 5. The molecule has 4 N–H and O–H groups in total. The highest BCUT2D eigenvalue weighted by molar-refractivity contribution is 6.30. The molecule has 8 heteroatoms. The first-order valence-electron chi connectivity index (χ1n) is 9.01. The predicted molar refractivity (Wildman–Crippen MR) is 114 cm³/mol. The number of pyridine rings is 1. The Labute approximate surface area is 178 Å². The maximum atomic E-state index is 12.4. The van der Waals surface area contributed by atoms with Crippen molar-refractivity contribution in [1.82, 2.24) is 10.3 Å². The van der Waals surface area contributed by atoms with Gasteiger partial charge in [-0.05, 0) is 48.0 Å². The van der Waals surface area contributed by atoms with Gasteiger partial charge in [0.05, 0.1) is 17.3 Å². The fourth-order valence-electron chi connectivity index (χ4n) is 2.83. The summed E-state index contributed by atoms with van der Waals surface area (Å²) in [4.78, 5) is 28.6. The lowest BCUT2D eigenvalue weighted by Gasteiger charge is -2.19. The first-order valence-corrected chi connectivity index (χ1v) is 9.39. The average molecular weight is 420 g/mol. The molecule has 1 atom stereocenters. The zero-order chi connectivity index (χ0) is 21.5. The van der Waals surface area contributed by atoms with E-state index in [9.17, 15) is 14.9 Å². The number of benzene rings is 2. The highest BCUT2D eigenvalue weighted by Crippen LogP contribution is 2.23. The molecule has 1 heterocycles. The van der Waals surface area contributed by atoms with Crippen molar-refractivity contribution in [3.63, 3.8) is 0 Å². The van der Waals surface area contributed by atoms with E-state index in [0.717, 1.165) is 0 Å². The van der Waals surface area contributed by atoms with Gasteiger partial charge in [0, 0.05) is 29.0 Å². The van der Waals surface area contributed by atoms with Crippen molar-refractivity contribution in [2.24, 2.45) is 5.73 Å². The van der Waals surface area contributed by atoms with Crippen molar-refractivity contribution in [3.8, 4) is 6.07 Å². The topological polar surface area (TPSA) is 121 Å². The van der Waals surface area contributed by atoms with Crippen molar-refractivity contribution < 1.29 is 9.59 Å². The molecule has 0 spiro atoms. The summed E-state index contributed by atoms with van der Waals surface area (Å²) in [6.45, 7) is 0.160. The van der Waals surface area contributed by atoms with Gasteiger partial charge >= 0.3 is 0 Å². The molecule has 0 saturated carbocycles. The molecule has 1 aromatic heterocycles. The molecule has 0 aliphatic rings. The molecule has 0 aliphatic heterocycles. The van der Waals surface area contributed by atoms with Crippen LogP contribution in [0.15, 0.2) is 66.9 Å². The minimum atomic E-state index is -0.900. The number of primary amides is 1. The number of anilines is 1. The number of amides is 2. The Hall–Kier alpha value is -3.89. The third-order valence-corrected chi connectivity index (χ3v) is 4.57. The Morgan fingerprint density at radius 2 is 1.97 bits per heavy atom. The molecule has 0 radical (unpaired) electrons. The molecule has 2 aromatic carbocycles. The first-order chi connectivity index (χ1) is 14.5. The second-order valence-corrected chi connectivity index (χ2v) is 6.85. The molecule has 7 nitrogen and oxygen atoms in total. The number of carbonyl (C=O) groups excluding carboxylic acids is 2. The Kier molecular flexibility index (Phi) is 6.63. The molecular formula is C22H18ClN5O2. The van der Waals surface area contributed by atoms with Gasteiger partial charge in [-0.25, -0.2) is 0 Å². The molecule has 0 saturated heterocycles. The predicted octanol–water partition coefficient (Wildman–Crippen LogP) is 3.18. The second-order valence-electron chi connectivity index (χ2n) is 6.41. The molecule has 1 unspecified atom stereocenters. The molecule has 0 fully saturated rings. The van der Waals surface area contributed by atoms with Crippen molar-refractivity contribution in [2.75, 3.05) is 5.32 Å². The van der Waals surface area contributed by atoms with E-state index >= 15 is 0 Å². The van der Waals surface area contributed by atoms with E-state index in [0.29, 0.717) is 33.1 Å². The lowest BCUT2D eigenvalue weighted by atomic mass is 10.1. The summed E-state index contributed by atoms with van der Waals surface area (Å²) in [6.07, 6.45) is 1.56. The minimum Gasteiger partial charge on any atom is -0.369 e. The summed E-state index contributed by atoms with van der Waals surface area (Å²) in [5.74, 6) is -0.922.